The maximum Gasteiger partial charge on any atom is 0.460 e. The fourth-order valence-electron chi connectivity index (χ4n) is 1.33. The van der Waals surface area contributed by atoms with E-state index in [1.165, 1.54) is 0 Å². The van der Waals surface area contributed by atoms with Crippen molar-refractivity contribution in [1.82, 2.24) is 0 Å². The lowest BCUT2D eigenvalue weighted by atomic mass is 9.91. The van der Waals surface area contributed by atoms with Gasteiger partial charge in [-0.05, 0) is 0 Å². The van der Waals surface area contributed by atoms with Crippen LogP contribution in [0.2, 0.25) is 0 Å². The molecule has 0 bridgehead atoms. The Morgan fingerprint density at radius 2 is 0.700 bits per heavy atom. The monoisotopic (exact) mass is 516 g/mol. The fraction of sp³-hybridized carbons (Fsp3) is 1.00. The molecular formula is C8HF17O4S. The average Bonchev–Trinajstić information content (AvgIpc) is 2.41. The Hall–Kier alpha value is -1.32. The van der Waals surface area contributed by atoms with Crippen LogP contribution >= 0.6 is 0 Å². The van der Waals surface area contributed by atoms with E-state index in [-0.39, 0.29) is 0 Å². The molecule has 0 fully saturated rings. The number of alkyl halides is 17. The first-order chi connectivity index (χ1) is 12.5. The molecule has 30 heavy (non-hydrogen) atoms. The zero-order valence-corrected chi connectivity index (χ0v) is 13.3. The summed E-state index contributed by atoms with van der Waals surface area (Å²) < 4.78 is 245. The Kier molecular flexibility index (Phi) is 6.54. The summed E-state index contributed by atoms with van der Waals surface area (Å²) in [7, 11) is -6.99. The minimum Gasteiger partial charge on any atom is -0.263 e. The molecule has 1 N–H and O–H groups in total. The van der Waals surface area contributed by atoms with Crippen LogP contribution in [0.4, 0.5) is 74.6 Å². The van der Waals surface area contributed by atoms with Crippen LogP contribution in [0.25, 0.3) is 0 Å². The summed E-state index contributed by atoms with van der Waals surface area (Å²) >= 11 is 0. The van der Waals surface area contributed by atoms with Crippen LogP contribution in [0.5, 0.6) is 0 Å². The predicted octanol–water partition coefficient (Wildman–Crippen LogP) is 4.77. The highest BCUT2D eigenvalue weighted by molar-refractivity contribution is 7.80. The lowest BCUT2D eigenvalue weighted by Gasteiger charge is -2.42. The van der Waals surface area contributed by atoms with Crippen molar-refractivity contribution in [2.24, 2.45) is 0 Å². The summed E-state index contributed by atoms with van der Waals surface area (Å²) in [4.78, 5) is 0. The van der Waals surface area contributed by atoms with Gasteiger partial charge in [0, 0.05) is 0 Å². The van der Waals surface area contributed by atoms with E-state index in [4.69, 9.17) is 4.55 Å². The van der Waals surface area contributed by atoms with Gasteiger partial charge in [0.1, 0.15) is 0 Å². The van der Waals surface area contributed by atoms with Gasteiger partial charge in [0.15, 0.2) is 0 Å². The molecule has 0 saturated carbocycles. The first-order valence-electron chi connectivity index (χ1n) is 5.85. The van der Waals surface area contributed by atoms with Crippen molar-refractivity contribution in [3.8, 4) is 0 Å². The topological polar surface area (TPSA) is 63.6 Å². The van der Waals surface area contributed by atoms with Crippen LogP contribution in [-0.2, 0) is 14.6 Å². The van der Waals surface area contributed by atoms with E-state index >= 15 is 0 Å². The third-order valence-corrected chi connectivity index (χ3v) is 3.32. The third-order valence-electron chi connectivity index (χ3n) is 2.90. The SMILES string of the molecule is O=S(=O)(O)OC(F)(F)C(F)(F)C(F)(F)C(F)(F)C(F)(F)C(F)(F)C(F)(F)C(F)(F)F. The van der Waals surface area contributed by atoms with Crippen molar-refractivity contribution in [3.63, 3.8) is 0 Å². The van der Waals surface area contributed by atoms with Crippen molar-refractivity contribution >= 4 is 10.4 Å². The molecule has 0 radical (unpaired) electrons. The molecule has 0 rings (SSSR count). The number of halogens is 17. The molecule has 22 heteroatoms. The van der Waals surface area contributed by atoms with Crippen LogP contribution < -0.4 is 0 Å². The zero-order chi connectivity index (χ0) is 25.2. The van der Waals surface area contributed by atoms with Crippen molar-refractivity contribution in [1.29, 1.82) is 0 Å². The zero-order valence-electron chi connectivity index (χ0n) is 12.5. The molecule has 0 aromatic rings. The smallest absolute Gasteiger partial charge is 0.263 e. The lowest BCUT2D eigenvalue weighted by molar-refractivity contribution is -0.471. The first kappa shape index (κ1) is 28.7. The summed E-state index contributed by atoms with van der Waals surface area (Å²) in [6.45, 7) is 0. The summed E-state index contributed by atoms with van der Waals surface area (Å²) in [5.74, 6) is -51.8. The molecule has 0 spiro atoms. The van der Waals surface area contributed by atoms with E-state index in [1.807, 2.05) is 0 Å². The van der Waals surface area contributed by atoms with Crippen LogP contribution in [0.3, 0.4) is 0 Å². The Morgan fingerprint density at radius 1 is 0.467 bits per heavy atom. The highest BCUT2D eigenvalue weighted by atomic mass is 32.3. The van der Waals surface area contributed by atoms with Gasteiger partial charge < -0.3 is 0 Å². The fourth-order valence-corrected chi connectivity index (χ4v) is 1.70. The van der Waals surface area contributed by atoms with E-state index < -0.39 is 58.2 Å². The number of hydrogen-bond acceptors (Lipinski definition) is 3. The molecule has 0 aromatic heterocycles. The largest absolute Gasteiger partial charge is 0.460 e. The molecule has 0 atom stereocenters. The number of rotatable bonds is 8. The van der Waals surface area contributed by atoms with Crippen molar-refractivity contribution in [2.45, 2.75) is 47.8 Å². The standard InChI is InChI=1S/C8HF17O4S/c9-1(10,3(13,14)5(17,18)7(21,22)23)2(11,12)4(15,16)6(19,20)8(24,25)29-30(26,27)28/h(H,26,27,28). The normalized spacial score (nSPS) is 16.7. The molecule has 4 nitrogen and oxygen atoms in total. The Balaban J connectivity index is 6.77. The summed E-state index contributed by atoms with van der Waals surface area (Å²) in [5.41, 5.74) is 0. The quantitative estimate of drug-likeness (QED) is 0.373. The van der Waals surface area contributed by atoms with Gasteiger partial charge in [-0.2, -0.15) is 87.2 Å². The van der Waals surface area contributed by atoms with Gasteiger partial charge in [0.2, 0.25) is 0 Å². The maximum atomic E-state index is 13.1. The highest BCUT2D eigenvalue weighted by Gasteiger charge is 2.95. The van der Waals surface area contributed by atoms with Crippen LogP contribution in [-0.4, -0.2) is 60.8 Å². The van der Waals surface area contributed by atoms with E-state index in [9.17, 15) is 83.1 Å². The summed E-state index contributed by atoms with van der Waals surface area (Å²) in [6, 6.07) is 0. The molecule has 0 aliphatic carbocycles. The minimum absolute atomic E-state index is 1.56. The van der Waals surface area contributed by atoms with E-state index in [1.54, 1.807) is 4.18 Å². The van der Waals surface area contributed by atoms with Crippen LogP contribution in [0, 0.1) is 0 Å². The van der Waals surface area contributed by atoms with Crippen molar-refractivity contribution in [2.75, 3.05) is 0 Å². The van der Waals surface area contributed by atoms with Gasteiger partial charge in [-0.1, -0.05) is 0 Å². The van der Waals surface area contributed by atoms with Gasteiger partial charge >= 0.3 is 58.2 Å². The predicted molar refractivity (Wildman–Crippen MR) is 53.3 cm³/mol. The minimum atomic E-state index is -8.87. The molecule has 0 aliphatic heterocycles. The Morgan fingerprint density at radius 3 is 0.933 bits per heavy atom. The lowest BCUT2D eigenvalue weighted by Crippen LogP contribution is -2.74. The second kappa shape index (κ2) is 6.84. The second-order valence-corrected chi connectivity index (χ2v) is 5.99. The maximum absolute atomic E-state index is 13.1. The molecule has 0 amide bonds. The number of hydrogen-bond donors (Lipinski definition) is 1. The Labute approximate surface area is 151 Å². The third kappa shape index (κ3) is 3.84. The van der Waals surface area contributed by atoms with Gasteiger partial charge in [-0.3, -0.25) is 4.55 Å². The molecule has 0 unspecified atom stereocenters. The van der Waals surface area contributed by atoms with Crippen molar-refractivity contribution < 1.29 is 91.8 Å². The van der Waals surface area contributed by atoms with Crippen LogP contribution in [0.1, 0.15) is 0 Å². The van der Waals surface area contributed by atoms with E-state index in [0.29, 0.717) is 0 Å². The molecule has 0 aromatic carbocycles. The first-order valence-corrected chi connectivity index (χ1v) is 7.21. The van der Waals surface area contributed by atoms with Crippen molar-refractivity contribution in [3.05, 3.63) is 0 Å². The molecular weight excluding hydrogens is 515 g/mol. The molecule has 0 heterocycles. The second-order valence-electron chi connectivity index (χ2n) is 4.97. The summed E-state index contributed by atoms with van der Waals surface area (Å²) in [6.07, 6.45) is -15.5. The Bertz CT molecular complexity index is 750. The highest BCUT2D eigenvalue weighted by Crippen LogP contribution is 2.64. The van der Waals surface area contributed by atoms with Gasteiger partial charge in [-0.25, -0.2) is 0 Å². The molecule has 0 saturated heterocycles. The molecule has 182 valence electrons. The summed E-state index contributed by atoms with van der Waals surface area (Å²) in [5, 5.41) is 0. The van der Waals surface area contributed by atoms with Gasteiger partial charge in [-0.15, -0.1) is 0 Å². The van der Waals surface area contributed by atoms with Gasteiger partial charge in [0.05, 0.1) is 0 Å². The van der Waals surface area contributed by atoms with E-state index in [2.05, 4.69) is 0 Å². The average molecular weight is 516 g/mol. The molecule has 0 aliphatic rings. The van der Waals surface area contributed by atoms with E-state index in [0.717, 1.165) is 0 Å². The van der Waals surface area contributed by atoms with Gasteiger partial charge in [0.25, 0.3) is 0 Å². The van der Waals surface area contributed by atoms with Crippen LogP contribution in [0.15, 0.2) is 0 Å².